The van der Waals surface area contributed by atoms with E-state index in [0.29, 0.717) is 6.61 Å². The van der Waals surface area contributed by atoms with Crippen molar-refractivity contribution in [2.45, 2.75) is 51.2 Å². The molecule has 110 valence electrons. The average Bonchev–Trinajstić information content (AvgIpc) is 2.73. The van der Waals surface area contributed by atoms with E-state index in [0.717, 1.165) is 18.4 Å². The minimum atomic E-state index is -0.654. The van der Waals surface area contributed by atoms with Gasteiger partial charge in [0.25, 0.3) is 0 Å². The van der Waals surface area contributed by atoms with Crippen LogP contribution in [0.2, 0.25) is 0 Å². The Bertz CT molecular complexity index is 451. The van der Waals surface area contributed by atoms with Crippen LogP contribution in [0.15, 0.2) is 18.2 Å². The lowest BCUT2D eigenvalue weighted by molar-refractivity contribution is 0.0308. The van der Waals surface area contributed by atoms with E-state index in [1.54, 1.807) is 6.07 Å². The second-order valence-electron chi connectivity index (χ2n) is 5.23. The predicted molar refractivity (Wildman–Crippen MR) is 74.0 cm³/mol. The zero-order valence-corrected chi connectivity index (χ0v) is 11.9. The molecule has 1 saturated carbocycles. The number of carbonyl (C=O) groups excluding carboxylic acids is 1. The molecule has 0 aliphatic heterocycles. The van der Waals surface area contributed by atoms with Crippen LogP contribution in [-0.2, 0) is 16.1 Å². The van der Waals surface area contributed by atoms with Crippen molar-refractivity contribution in [3.63, 3.8) is 0 Å². The number of ether oxygens (including phenoxy) is 2. The second kappa shape index (κ2) is 7.39. The van der Waals surface area contributed by atoms with Crippen molar-refractivity contribution in [1.82, 2.24) is 0 Å². The molecule has 0 saturated heterocycles. The number of esters is 1. The van der Waals surface area contributed by atoms with Crippen LogP contribution >= 0.6 is 0 Å². The molecule has 0 bridgehead atoms. The van der Waals surface area contributed by atoms with Gasteiger partial charge in [-0.05, 0) is 30.5 Å². The zero-order valence-electron chi connectivity index (χ0n) is 11.9. The summed E-state index contributed by atoms with van der Waals surface area (Å²) in [6, 6.07) is 4.52. The summed E-state index contributed by atoms with van der Waals surface area (Å²) < 4.78 is 24.1. The maximum Gasteiger partial charge on any atom is 0.340 e. The molecular weight excluding hydrogens is 259 g/mol. The fourth-order valence-corrected chi connectivity index (χ4v) is 2.55. The largest absolute Gasteiger partial charge is 0.465 e. The summed E-state index contributed by atoms with van der Waals surface area (Å²) in [6.45, 7) is 0.392. The summed E-state index contributed by atoms with van der Waals surface area (Å²) in [6.07, 6.45) is 7.43. The molecule has 2 rings (SSSR count). The Kier molecular flexibility index (Phi) is 5.53. The lowest BCUT2D eigenvalue weighted by Crippen LogP contribution is -2.12. The van der Waals surface area contributed by atoms with Crippen molar-refractivity contribution in [3.05, 3.63) is 35.1 Å². The third-order valence-electron chi connectivity index (χ3n) is 3.73. The van der Waals surface area contributed by atoms with Crippen LogP contribution in [0.5, 0.6) is 0 Å². The molecule has 1 aromatic carbocycles. The van der Waals surface area contributed by atoms with Crippen molar-refractivity contribution in [1.29, 1.82) is 0 Å². The number of methoxy groups -OCH3 is 1. The molecule has 0 atom stereocenters. The SMILES string of the molecule is COC(=O)c1ccc(COC2CCCCCC2)cc1F. The lowest BCUT2D eigenvalue weighted by atomic mass is 10.1. The van der Waals surface area contributed by atoms with Crippen molar-refractivity contribution in [2.24, 2.45) is 0 Å². The van der Waals surface area contributed by atoms with E-state index in [9.17, 15) is 9.18 Å². The van der Waals surface area contributed by atoms with Gasteiger partial charge in [-0.3, -0.25) is 0 Å². The highest BCUT2D eigenvalue weighted by atomic mass is 19.1. The summed E-state index contributed by atoms with van der Waals surface area (Å²) in [5, 5.41) is 0. The van der Waals surface area contributed by atoms with E-state index in [-0.39, 0.29) is 11.7 Å². The smallest absolute Gasteiger partial charge is 0.340 e. The molecule has 20 heavy (non-hydrogen) atoms. The molecule has 0 N–H and O–H groups in total. The van der Waals surface area contributed by atoms with Gasteiger partial charge in [0.05, 0.1) is 25.4 Å². The number of carbonyl (C=O) groups is 1. The van der Waals surface area contributed by atoms with Crippen LogP contribution in [-0.4, -0.2) is 19.2 Å². The molecule has 0 aromatic heterocycles. The van der Waals surface area contributed by atoms with Gasteiger partial charge in [-0.2, -0.15) is 0 Å². The Hall–Kier alpha value is -1.42. The maximum atomic E-state index is 13.8. The van der Waals surface area contributed by atoms with Crippen LogP contribution in [0.3, 0.4) is 0 Å². The number of hydrogen-bond acceptors (Lipinski definition) is 3. The van der Waals surface area contributed by atoms with Gasteiger partial charge in [0.1, 0.15) is 5.82 Å². The molecule has 1 aliphatic rings. The van der Waals surface area contributed by atoms with Crippen molar-refractivity contribution >= 4 is 5.97 Å². The van der Waals surface area contributed by atoms with Crippen molar-refractivity contribution in [2.75, 3.05) is 7.11 Å². The third-order valence-corrected chi connectivity index (χ3v) is 3.73. The molecular formula is C16H21FO3. The Morgan fingerprint density at radius 1 is 1.25 bits per heavy atom. The van der Waals surface area contributed by atoms with Crippen LogP contribution in [0, 0.1) is 5.82 Å². The molecule has 0 amide bonds. The van der Waals surface area contributed by atoms with E-state index in [2.05, 4.69) is 4.74 Å². The Balaban J connectivity index is 1.92. The molecule has 3 nitrogen and oxygen atoms in total. The van der Waals surface area contributed by atoms with E-state index >= 15 is 0 Å². The Morgan fingerprint density at radius 2 is 1.95 bits per heavy atom. The summed E-state index contributed by atoms with van der Waals surface area (Å²) in [4.78, 5) is 11.3. The molecule has 1 aromatic rings. The molecule has 0 spiro atoms. The third kappa shape index (κ3) is 4.04. The van der Waals surface area contributed by atoms with Crippen molar-refractivity contribution < 1.29 is 18.7 Å². The highest BCUT2D eigenvalue weighted by Crippen LogP contribution is 2.21. The normalized spacial score (nSPS) is 16.7. The van der Waals surface area contributed by atoms with E-state index in [1.165, 1.54) is 44.9 Å². The molecule has 1 fully saturated rings. The predicted octanol–water partition coefficient (Wildman–Crippen LogP) is 3.85. The number of hydrogen-bond donors (Lipinski definition) is 0. The minimum Gasteiger partial charge on any atom is -0.465 e. The van der Waals surface area contributed by atoms with Gasteiger partial charge < -0.3 is 9.47 Å². The van der Waals surface area contributed by atoms with Gasteiger partial charge in [0, 0.05) is 0 Å². The quantitative estimate of drug-likeness (QED) is 0.620. The number of benzene rings is 1. The monoisotopic (exact) mass is 280 g/mol. The topological polar surface area (TPSA) is 35.5 Å². The maximum absolute atomic E-state index is 13.8. The molecule has 0 radical (unpaired) electrons. The van der Waals surface area contributed by atoms with Crippen LogP contribution in [0.25, 0.3) is 0 Å². The summed E-state index contributed by atoms with van der Waals surface area (Å²) in [5.41, 5.74) is 0.713. The van der Waals surface area contributed by atoms with Gasteiger partial charge in [0.2, 0.25) is 0 Å². The zero-order chi connectivity index (χ0) is 14.4. The van der Waals surface area contributed by atoms with E-state index in [1.807, 2.05) is 0 Å². The molecule has 0 heterocycles. The van der Waals surface area contributed by atoms with Crippen LogP contribution in [0.4, 0.5) is 4.39 Å². The molecule has 4 heteroatoms. The van der Waals surface area contributed by atoms with Gasteiger partial charge in [-0.15, -0.1) is 0 Å². The highest BCUT2D eigenvalue weighted by molar-refractivity contribution is 5.89. The summed E-state index contributed by atoms with van der Waals surface area (Å²) in [5.74, 6) is -1.21. The standard InChI is InChI=1S/C16H21FO3/c1-19-16(18)14-9-8-12(10-15(14)17)11-20-13-6-4-2-3-5-7-13/h8-10,13H,2-7,11H2,1H3. The van der Waals surface area contributed by atoms with Crippen LogP contribution < -0.4 is 0 Å². The van der Waals surface area contributed by atoms with Crippen molar-refractivity contribution in [3.8, 4) is 0 Å². The average molecular weight is 280 g/mol. The highest BCUT2D eigenvalue weighted by Gasteiger charge is 2.15. The number of halogens is 1. The fourth-order valence-electron chi connectivity index (χ4n) is 2.55. The van der Waals surface area contributed by atoms with Gasteiger partial charge >= 0.3 is 5.97 Å². The second-order valence-corrected chi connectivity index (χ2v) is 5.23. The van der Waals surface area contributed by atoms with Gasteiger partial charge in [-0.1, -0.05) is 31.7 Å². The molecule has 0 unspecified atom stereocenters. The molecule has 1 aliphatic carbocycles. The van der Waals surface area contributed by atoms with E-state index < -0.39 is 11.8 Å². The lowest BCUT2D eigenvalue weighted by Gasteiger charge is -2.15. The summed E-state index contributed by atoms with van der Waals surface area (Å²) in [7, 11) is 1.24. The minimum absolute atomic E-state index is 0.0364. The number of rotatable bonds is 4. The van der Waals surface area contributed by atoms with E-state index in [4.69, 9.17) is 4.74 Å². The summed E-state index contributed by atoms with van der Waals surface area (Å²) >= 11 is 0. The first-order valence-electron chi connectivity index (χ1n) is 7.19. The van der Waals surface area contributed by atoms with Gasteiger partial charge in [-0.25, -0.2) is 9.18 Å². The van der Waals surface area contributed by atoms with Crippen LogP contribution in [0.1, 0.15) is 54.4 Å². The Morgan fingerprint density at radius 3 is 2.55 bits per heavy atom. The first kappa shape index (κ1) is 15.0. The Labute approximate surface area is 119 Å². The van der Waals surface area contributed by atoms with Gasteiger partial charge in [0.15, 0.2) is 0 Å². The first-order valence-corrected chi connectivity index (χ1v) is 7.19. The first-order chi connectivity index (χ1) is 9.70. The fraction of sp³-hybridized carbons (Fsp3) is 0.562.